The molecule has 1 aliphatic carbocycles. The summed E-state index contributed by atoms with van der Waals surface area (Å²) in [6.07, 6.45) is 3.56. The first-order chi connectivity index (χ1) is 10.6. The van der Waals surface area contributed by atoms with Gasteiger partial charge in [0, 0.05) is 12.7 Å². The lowest BCUT2D eigenvalue weighted by Gasteiger charge is -2.35. The van der Waals surface area contributed by atoms with Gasteiger partial charge in [-0.25, -0.2) is 0 Å². The van der Waals surface area contributed by atoms with Crippen molar-refractivity contribution in [1.29, 1.82) is 0 Å². The van der Waals surface area contributed by atoms with Crippen LogP contribution in [0.25, 0.3) is 0 Å². The van der Waals surface area contributed by atoms with Crippen LogP contribution in [0.5, 0.6) is 0 Å². The van der Waals surface area contributed by atoms with Crippen LogP contribution in [-0.4, -0.2) is 17.1 Å². The summed E-state index contributed by atoms with van der Waals surface area (Å²) in [5.41, 5.74) is 5.17. The molecule has 3 heteroatoms. The quantitative estimate of drug-likeness (QED) is 0.809. The second-order valence-corrected chi connectivity index (χ2v) is 6.40. The molecule has 0 radical (unpaired) electrons. The van der Waals surface area contributed by atoms with Gasteiger partial charge in [0.2, 0.25) is 0 Å². The van der Waals surface area contributed by atoms with E-state index >= 15 is 0 Å². The molecule has 22 heavy (non-hydrogen) atoms. The summed E-state index contributed by atoms with van der Waals surface area (Å²) in [5, 5.41) is 4.15. The highest BCUT2D eigenvalue weighted by Crippen LogP contribution is 2.33. The van der Waals surface area contributed by atoms with E-state index in [1.807, 2.05) is 0 Å². The Bertz CT molecular complexity index is 681. The molecule has 0 aromatic heterocycles. The third kappa shape index (κ3) is 3.14. The smallest absolute Gasteiger partial charge is 0.173 e. The van der Waals surface area contributed by atoms with Crippen molar-refractivity contribution in [3.63, 3.8) is 0 Å². The zero-order valence-corrected chi connectivity index (χ0v) is 14.0. The van der Waals surface area contributed by atoms with E-state index in [0.29, 0.717) is 6.04 Å². The molecule has 0 aliphatic heterocycles. The number of nitrogens with zero attached hydrogens (tertiary/aromatic N) is 1. The van der Waals surface area contributed by atoms with E-state index in [2.05, 4.69) is 72.7 Å². The van der Waals surface area contributed by atoms with Gasteiger partial charge in [0.1, 0.15) is 0 Å². The maximum absolute atomic E-state index is 5.63. The number of hydrogen-bond donors (Lipinski definition) is 1. The molecule has 2 aromatic carbocycles. The van der Waals surface area contributed by atoms with Gasteiger partial charge >= 0.3 is 0 Å². The van der Waals surface area contributed by atoms with Crippen LogP contribution in [0.2, 0.25) is 0 Å². The normalized spacial score (nSPS) is 16.7. The minimum atomic E-state index is 0.370. The van der Waals surface area contributed by atoms with Gasteiger partial charge in [-0.3, -0.25) is 0 Å². The zero-order chi connectivity index (χ0) is 15.5. The topological polar surface area (TPSA) is 15.3 Å². The van der Waals surface area contributed by atoms with Crippen molar-refractivity contribution in [1.82, 2.24) is 4.90 Å². The summed E-state index contributed by atoms with van der Waals surface area (Å²) in [4.78, 5) is 2.20. The maximum atomic E-state index is 5.63. The van der Waals surface area contributed by atoms with Crippen LogP contribution in [0.15, 0.2) is 48.5 Å². The Kier molecular flexibility index (Phi) is 4.44. The fraction of sp³-hybridized carbons (Fsp3) is 0.316. The van der Waals surface area contributed by atoms with E-state index in [9.17, 15) is 0 Å². The fourth-order valence-corrected chi connectivity index (χ4v) is 3.45. The molecule has 0 bridgehead atoms. The van der Waals surface area contributed by atoms with Crippen LogP contribution < -0.4 is 5.32 Å². The van der Waals surface area contributed by atoms with Crippen LogP contribution in [-0.2, 0) is 6.42 Å². The number of benzene rings is 2. The number of nitrogens with one attached hydrogen (secondary N) is 1. The van der Waals surface area contributed by atoms with Crippen molar-refractivity contribution in [2.24, 2.45) is 0 Å². The highest BCUT2D eigenvalue weighted by Gasteiger charge is 2.24. The minimum Gasteiger partial charge on any atom is -0.345 e. The number of anilines is 1. The summed E-state index contributed by atoms with van der Waals surface area (Å²) >= 11 is 5.63. The van der Waals surface area contributed by atoms with Gasteiger partial charge in [-0.15, -0.1) is 0 Å². The molecule has 2 aromatic rings. The molecule has 0 unspecified atom stereocenters. The summed E-state index contributed by atoms with van der Waals surface area (Å²) < 4.78 is 0. The molecule has 0 fully saturated rings. The number of thiocarbonyl (C=S) groups is 1. The van der Waals surface area contributed by atoms with Crippen LogP contribution >= 0.6 is 12.2 Å². The van der Waals surface area contributed by atoms with Gasteiger partial charge in [-0.2, -0.15) is 0 Å². The van der Waals surface area contributed by atoms with Crippen LogP contribution in [0.4, 0.5) is 5.69 Å². The number of hydrogen-bond acceptors (Lipinski definition) is 1. The van der Waals surface area contributed by atoms with E-state index in [4.69, 9.17) is 12.2 Å². The highest BCUT2D eigenvalue weighted by atomic mass is 32.1. The molecule has 1 N–H and O–H groups in total. The highest BCUT2D eigenvalue weighted by molar-refractivity contribution is 7.80. The van der Waals surface area contributed by atoms with Gasteiger partial charge in [0.25, 0.3) is 0 Å². The Morgan fingerprint density at radius 3 is 2.82 bits per heavy atom. The molecule has 0 heterocycles. The number of aryl methyl sites for hydroxylation is 2. The van der Waals surface area contributed by atoms with E-state index in [1.54, 1.807) is 0 Å². The van der Waals surface area contributed by atoms with Crippen LogP contribution in [0, 0.1) is 6.92 Å². The molecule has 2 nitrogen and oxygen atoms in total. The first-order valence-corrected chi connectivity index (χ1v) is 8.24. The van der Waals surface area contributed by atoms with Gasteiger partial charge in [-0.1, -0.05) is 36.4 Å². The minimum absolute atomic E-state index is 0.370. The van der Waals surface area contributed by atoms with Crippen molar-refractivity contribution < 1.29 is 0 Å². The predicted molar refractivity (Wildman–Crippen MR) is 97.3 cm³/mol. The lowest BCUT2D eigenvalue weighted by Crippen LogP contribution is -2.36. The summed E-state index contributed by atoms with van der Waals surface area (Å²) in [7, 11) is 2.10. The van der Waals surface area contributed by atoms with Crippen molar-refractivity contribution in [3.05, 3.63) is 65.2 Å². The molecule has 0 amide bonds. The Balaban J connectivity index is 1.77. The Hall–Kier alpha value is -1.87. The molecular formula is C19H22N2S. The Labute approximate surface area is 138 Å². The Morgan fingerprint density at radius 2 is 2.00 bits per heavy atom. The Morgan fingerprint density at radius 1 is 1.18 bits per heavy atom. The summed E-state index contributed by atoms with van der Waals surface area (Å²) in [5.74, 6) is 0. The SMILES string of the molecule is Cc1cccc(NC(=S)N(C)[C@@H]2CCCc3ccccc32)c1. The average Bonchev–Trinajstić information content (AvgIpc) is 2.53. The first kappa shape index (κ1) is 15.0. The zero-order valence-electron chi connectivity index (χ0n) is 13.2. The summed E-state index contributed by atoms with van der Waals surface area (Å²) in [6.45, 7) is 2.09. The average molecular weight is 310 g/mol. The largest absolute Gasteiger partial charge is 0.345 e. The molecule has 1 atom stereocenters. The second-order valence-electron chi connectivity index (χ2n) is 6.02. The van der Waals surface area contributed by atoms with Crippen molar-refractivity contribution >= 4 is 23.0 Å². The van der Waals surface area contributed by atoms with Crippen molar-refractivity contribution in [3.8, 4) is 0 Å². The predicted octanol–water partition coefficient (Wildman–Crippen LogP) is 4.70. The van der Waals surface area contributed by atoms with Gasteiger partial charge in [-0.05, 0) is 67.2 Å². The summed E-state index contributed by atoms with van der Waals surface area (Å²) in [6, 6.07) is 17.4. The van der Waals surface area contributed by atoms with Gasteiger partial charge < -0.3 is 10.2 Å². The monoisotopic (exact) mass is 310 g/mol. The molecule has 0 saturated heterocycles. The lowest BCUT2D eigenvalue weighted by molar-refractivity contribution is 0.336. The molecule has 0 spiro atoms. The third-order valence-corrected chi connectivity index (χ3v) is 4.79. The molecule has 3 rings (SSSR count). The van der Waals surface area contributed by atoms with E-state index < -0.39 is 0 Å². The number of rotatable bonds is 2. The van der Waals surface area contributed by atoms with E-state index in [-0.39, 0.29) is 0 Å². The van der Waals surface area contributed by atoms with Crippen molar-refractivity contribution in [2.75, 3.05) is 12.4 Å². The molecule has 1 aliphatic rings. The second kappa shape index (κ2) is 6.49. The number of fused-ring (bicyclic) bond motifs is 1. The van der Waals surface area contributed by atoms with Crippen LogP contribution in [0.1, 0.15) is 35.6 Å². The first-order valence-electron chi connectivity index (χ1n) is 7.83. The van der Waals surface area contributed by atoms with E-state index in [1.165, 1.54) is 29.5 Å². The molecule has 114 valence electrons. The lowest BCUT2D eigenvalue weighted by atomic mass is 9.87. The third-order valence-electron chi connectivity index (χ3n) is 4.39. The fourth-order valence-electron chi connectivity index (χ4n) is 3.21. The van der Waals surface area contributed by atoms with Crippen molar-refractivity contribution in [2.45, 2.75) is 32.2 Å². The van der Waals surface area contributed by atoms with E-state index in [0.717, 1.165) is 17.2 Å². The molecular weight excluding hydrogens is 288 g/mol. The molecule has 0 saturated carbocycles. The maximum Gasteiger partial charge on any atom is 0.173 e. The van der Waals surface area contributed by atoms with Crippen LogP contribution in [0.3, 0.4) is 0 Å². The van der Waals surface area contributed by atoms with Gasteiger partial charge in [0.05, 0.1) is 6.04 Å². The standard InChI is InChI=1S/C19H22N2S/c1-14-7-5-10-16(13-14)20-19(22)21(2)18-12-6-9-15-8-3-4-11-17(15)18/h3-5,7-8,10-11,13,18H,6,9,12H2,1-2H3,(H,20,22)/t18-/m1/s1. The van der Waals surface area contributed by atoms with Gasteiger partial charge in [0.15, 0.2) is 5.11 Å².